The first-order chi connectivity index (χ1) is 7.79. The van der Waals surface area contributed by atoms with Gasteiger partial charge in [0.05, 0.1) is 6.20 Å². The minimum absolute atomic E-state index is 0.753. The zero-order valence-electron chi connectivity index (χ0n) is 9.23. The molecule has 0 fully saturated rings. The molecule has 0 saturated heterocycles. The van der Waals surface area contributed by atoms with Gasteiger partial charge in [-0.3, -0.25) is 0 Å². The van der Waals surface area contributed by atoms with Crippen molar-refractivity contribution >= 4 is 22.0 Å². The van der Waals surface area contributed by atoms with Crippen LogP contribution in [0.5, 0.6) is 0 Å². The molecular formula is C12H15N3S. The smallest absolute Gasteiger partial charge is 0.125 e. The van der Waals surface area contributed by atoms with Gasteiger partial charge in [0.2, 0.25) is 0 Å². The third-order valence-corrected chi connectivity index (χ3v) is 3.11. The lowest BCUT2D eigenvalue weighted by Crippen LogP contribution is -1.98. The summed E-state index contributed by atoms with van der Waals surface area (Å²) in [6, 6.07) is 8.28. The normalized spacial score (nSPS) is 10.3. The van der Waals surface area contributed by atoms with E-state index >= 15 is 0 Å². The van der Waals surface area contributed by atoms with Crippen molar-refractivity contribution in [3.63, 3.8) is 0 Å². The number of hydrogen-bond donors (Lipinski definition) is 2. The van der Waals surface area contributed by atoms with Crippen molar-refractivity contribution in [2.24, 2.45) is 0 Å². The predicted octanol–water partition coefficient (Wildman–Crippen LogP) is 3.21. The molecule has 2 rings (SSSR count). The molecule has 1 aromatic carbocycles. The van der Waals surface area contributed by atoms with Gasteiger partial charge in [0.25, 0.3) is 0 Å². The Balaban J connectivity index is 2.13. The summed E-state index contributed by atoms with van der Waals surface area (Å²) >= 11 is 1.51. The van der Waals surface area contributed by atoms with E-state index in [1.807, 2.05) is 0 Å². The van der Waals surface area contributed by atoms with Crippen LogP contribution in [0, 0.1) is 0 Å². The van der Waals surface area contributed by atoms with E-state index in [2.05, 4.69) is 41.5 Å². The second-order valence-corrected chi connectivity index (χ2v) is 4.63. The number of benzene rings is 1. The van der Waals surface area contributed by atoms with Gasteiger partial charge in [0, 0.05) is 17.8 Å². The van der Waals surface area contributed by atoms with Gasteiger partial charge in [0.15, 0.2) is 0 Å². The van der Waals surface area contributed by atoms with E-state index in [9.17, 15) is 0 Å². The molecule has 0 saturated carbocycles. The van der Waals surface area contributed by atoms with Crippen molar-refractivity contribution in [1.82, 2.24) is 4.98 Å². The highest BCUT2D eigenvalue weighted by Crippen LogP contribution is 2.27. The van der Waals surface area contributed by atoms with Gasteiger partial charge < -0.3 is 11.1 Å². The van der Waals surface area contributed by atoms with Crippen LogP contribution in [0.3, 0.4) is 0 Å². The van der Waals surface area contributed by atoms with Crippen LogP contribution in [0.15, 0.2) is 30.5 Å². The van der Waals surface area contributed by atoms with Crippen molar-refractivity contribution in [3.8, 4) is 10.6 Å². The van der Waals surface area contributed by atoms with Crippen LogP contribution < -0.4 is 11.1 Å². The topological polar surface area (TPSA) is 50.9 Å². The molecule has 16 heavy (non-hydrogen) atoms. The molecule has 3 N–H and O–H groups in total. The van der Waals surface area contributed by atoms with Crippen molar-refractivity contribution in [2.75, 3.05) is 17.6 Å². The number of rotatable bonds is 4. The molecule has 0 amide bonds. The van der Waals surface area contributed by atoms with Crippen LogP contribution in [-0.2, 0) is 0 Å². The van der Waals surface area contributed by atoms with Crippen LogP contribution in [-0.4, -0.2) is 11.5 Å². The highest BCUT2D eigenvalue weighted by atomic mass is 32.1. The number of aromatic nitrogens is 1. The van der Waals surface area contributed by atoms with Crippen LogP contribution in [0.2, 0.25) is 0 Å². The Labute approximate surface area is 99.3 Å². The average molecular weight is 233 g/mol. The quantitative estimate of drug-likeness (QED) is 0.852. The van der Waals surface area contributed by atoms with Crippen LogP contribution in [0.1, 0.15) is 13.3 Å². The Morgan fingerprint density at radius 1 is 1.31 bits per heavy atom. The molecule has 0 atom stereocenters. The first-order valence-electron chi connectivity index (χ1n) is 5.35. The molecular weight excluding hydrogens is 218 g/mol. The zero-order valence-corrected chi connectivity index (χ0v) is 10.1. The Kier molecular flexibility index (Phi) is 3.41. The summed E-state index contributed by atoms with van der Waals surface area (Å²) < 4.78 is 0. The Morgan fingerprint density at radius 2 is 2.06 bits per heavy atom. The molecule has 1 heterocycles. The first kappa shape index (κ1) is 11.0. The fourth-order valence-corrected chi connectivity index (χ4v) is 2.11. The maximum Gasteiger partial charge on any atom is 0.125 e. The van der Waals surface area contributed by atoms with Crippen LogP contribution in [0.4, 0.5) is 10.7 Å². The van der Waals surface area contributed by atoms with Crippen molar-refractivity contribution in [3.05, 3.63) is 30.5 Å². The number of nitrogens with two attached hydrogens (primary N) is 1. The van der Waals surface area contributed by atoms with E-state index in [1.54, 1.807) is 6.20 Å². The number of hydrogen-bond acceptors (Lipinski definition) is 4. The van der Waals surface area contributed by atoms with Crippen molar-refractivity contribution in [2.45, 2.75) is 13.3 Å². The van der Waals surface area contributed by atoms with Gasteiger partial charge in [-0.15, -0.1) is 0 Å². The van der Waals surface area contributed by atoms with Crippen LogP contribution in [0.25, 0.3) is 10.6 Å². The van der Waals surface area contributed by atoms with Crippen molar-refractivity contribution in [1.29, 1.82) is 0 Å². The predicted molar refractivity (Wildman–Crippen MR) is 70.7 cm³/mol. The summed E-state index contributed by atoms with van der Waals surface area (Å²) in [5.74, 6) is 0. The average Bonchev–Trinajstić information content (AvgIpc) is 2.74. The lowest BCUT2D eigenvalue weighted by molar-refractivity contribution is 0.980. The molecule has 0 aliphatic heterocycles. The van der Waals surface area contributed by atoms with Gasteiger partial charge in [0.1, 0.15) is 10.0 Å². The van der Waals surface area contributed by atoms with Gasteiger partial charge >= 0.3 is 0 Å². The third-order valence-electron chi connectivity index (χ3n) is 2.23. The molecule has 0 radical (unpaired) electrons. The Morgan fingerprint density at radius 3 is 2.62 bits per heavy atom. The number of thiazole rings is 1. The monoisotopic (exact) mass is 233 g/mol. The lowest BCUT2D eigenvalue weighted by atomic mass is 10.2. The fourth-order valence-electron chi connectivity index (χ4n) is 1.42. The SMILES string of the molecule is CCCNc1ccc(-c2ncc(N)s2)cc1. The van der Waals surface area contributed by atoms with E-state index in [-0.39, 0.29) is 0 Å². The molecule has 0 aliphatic carbocycles. The van der Waals surface area contributed by atoms with E-state index in [1.165, 1.54) is 11.3 Å². The largest absolute Gasteiger partial charge is 0.389 e. The number of anilines is 2. The van der Waals surface area contributed by atoms with Gasteiger partial charge in [-0.1, -0.05) is 18.3 Å². The Bertz CT molecular complexity index is 448. The van der Waals surface area contributed by atoms with E-state index in [0.717, 1.165) is 34.2 Å². The summed E-state index contributed by atoms with van der Waals surface area (Å²) in [4.78, 5) is 4.25. The fraction of sp³-hybridized carbons (Fsp3) is 0.250. The maximum atomic E-state index is 5.66. The Hall–Kier alpha value is -1.55. The molecule has 2 aromatic rings. The molecule has 0 spiro atoms. The zero-order chi connectivity index (χ0) is 11.4. The molecule has 0 aliphatic rings. The molecule has 84 valence electrons. The highest BCUT2D eigenvalue weighted by Gasteiger charge is 2.02. The van der Waals surface area contributed by atoms with E-state index in [0.29, 0.717) is 0 Å². The summed E-state index contributed by atoms with van der Waals surface area (Å²) in [5, 5.41) is 5.06. The lowest BCUT2D eigenvalue weighted by Gasteiger charge is -2.04. The minimum atomic E-state index is 0.753. The molecule has 1 aromatic heterocycles. The second-order valence-electron chi connectivity index (χ2n) is 3.57. The van der Waals surface area contributed by atoms with Crippen molar-refractivity contribution < 1.29 is 0 Å². The highest BCUT2D eigenvalue weighted by molar-refractivity contribution is 7.18. The molecule has 4 heteroatoms. The van der Waals surface area contributed by atoms with E-state index < -0.39 is 0 Å². The number of nitrogens with zero attached hydrogens (tertiary/aromatic N) is 1. The number of nitrogens with one attached hydrogen (secondary N) is 1. The summed E-state index contributed by atoms with van der Waals surface area (Å²) in [5.41, 5.74) is 7.92. The van der Waals surface area contributed by atoms with Gasteiger partial charge in [-0.2, -0.15) is 0 Å². The maximum absolute atomic E-state index is 5.66. The van der Waals surface area contributed by atoms with Gasteiger partial charge in [-0.05, 0) is 30.7 Å². The summed E-state index contributed by atoms with van der Waals surface area (Å²) in [6.07, 6.45) is 2.83. The first-order valence-corrected chi connectivity index (χ1v) is 6.17. The van der Waals surface area contributed by atoms with Crippen LogP contribution >= 0.6 is 11.3 Å². The second kappa shape index (κ2) is 4.99. The van der Waals surface area contributed by atoms with Gasteiger partial charge in [-0.25, -0.2) is 4.98 Å². The molecule has 3 nitrogen and oxygen atoms in total. The standard InChI is InChI=1S/C12H15N3S/c1-2-7-14-10-5-3-9(4-6-10)12-15-8-11(13)16-12/h3-6,8,14H,2,7,13H2,1H3. The number of nitrogen functional groups attached to an aromatic ring is 1. The molecule has 0 bridgehead atoms. The minimum Gasteiger partial charge on any atom is -0.389 e. The molecule has 0 unspecified atom stereocenters. The summed E-state index contributed by atoms with van der Waals surface area (Å²) in [6.45, 7) is 3.16. The third kappa shape index (κ3) is 2.52. The summed E-state index contributed by atoms with van der Waals surface area (Å²) in [7, 11) is 0. The van der Waals surface area contributed by atoms with E-state index in [4.69, 9.17) is 5.73 Å².